The van der Waals surface area contributed by atoms with Crippen LogP contribution < -0.4 is 5.32 Å². The summed E-state index contributed by atoms with van der Waals surface area (Å²) in [5.41, 5.74) is 1.06. The van der Waals surface area contributed by atoms with Gasteiger partial charge in [0.2, 0.25) is 0 Å². The molecule has 0 aliphatic heterocycles. The van der Waals surface area contributed by atoms with Crippen LogP contribution in [0.25, 0.3) is 0 Å². The number of hydrogen-bond acceptors (Lipinski definition) is 4. The molecule has 1 aliphatic carbocycles. The molecule has 1 N–H and O–H groups in total. The fraction of sp³-hybridized carbons (Fsp3) is 0.462. The van der Waals surface area contributed by atoms with E-state index in [1.807, 2.05) is 18.3 Å². The number of esters is 1. The summed E-state index contributed by atoms with van der Waals surface area (Å²) in [7, 11) is 0. The average molecular weight is 248 g/mol. The number of aromatic nitrogens is 1. The molecule has 2 rings (SSSR count). The number of ether oxygens (including phenoxy) is 1. The molecule has 96 valence electrons. The van der Waals surface area contributed by atoms with Crippen molar-refractivity contribution < 1.29 is 14.3 Å². The Hall–Kier alpha value is -1.91. The summed E-state index contributed by atoms with van der Waals surface area (Å²) in [6.07, 6.45) is 5.53. The van der Waals surface area contributed by atoms with Gasteiger partial charge >= 0.3 is 11.9 Å². The third-order valence-corrected chi connectivity index (χ3v) is 3.18. The van der Waals surface area contributed by atoms with Crippen LogP contribution in [0.3, 0.4) is 0 Å². The van der Waals surface area contributed by atoms with Gasteiger partial charge < -0.3 is 10.1 Å². The van der Waals surface area contributed by atoms with Gasteiger partial charge in [0.25, 0.3) is 0 Å². The Morgan fingerprint density at radius 3 is 2.83 bits per heavy atom. The van der Waals surface area contributed by atoms with Gasteiger partial charge in [0.05, 0.1) is 6.61 Å². The molecule has 0 spiro atoms. The summed E-state index contributed by atoms with van der Waals surface area (Å²) in [4.78, 5) is 26.7. The molecule has 0 atom stereocenters. The summed E-state index contributed by atoms with van der Waals surface area (Å²) in [6, 6.07) is 3.87. The minimum absolute atomic E-state index is 0.0452. The quantitative estimate of drug-likeness (QED) is 0.632. The van der Waals surface area contributed by atoms with Crippen molar-refractivity contribution in [3.8, 4) is 0 Å². The van der Waals surface area contributed by atoms with Crippen molar-refractivity contribution in [2.24, 2.45) is 0 Å². The van der Waals surface area contributed by atoms with E-state index in [0.717, 1.165) is 18.4 Å². The molecule has 0 radical (unpaired) electrons. The predicted octanol–water partition coefficient (Wildman–Crippen LogP) is 0.792. The minimum atomic E-state index is -0.820. The van der Waals surface area contributed by atoms with Crippen molar-refractivity contribution >= 4 is 11.9 Å². The van der Waals surface area contributed by atoms with Crippen LogP contribution in [0.1, 0.15) is 25.3 Å². The molecule has 1 heterocycles. The van der Waals surface area contributed by atoms with E-state index in [1.54, 1.807) is 13.1 Å². The second-order valence-corrected chi connectivity index (χ2v) is 4.43. The molecule has 1 fully saturated rings. The van der Waals surface area contributed by atoms with E-state index >= 15 is 0 Å². The summed E-state index contributed by atoms with van der Waals surface area (Å²) >= 11 is 0. The van der Waals surface area contributed by atoms with Crippen LogP contribution in [0.15, 0.2) is 24.5 Å². The number of pyridine rings is 1. The number of carbonyl (C=O) groups is 2. The second-order valence-electron chi connectivity index (χ2n) is 4.43. The summed E-state index contributed by atoms with van der Waals surface area (Å²) in [5, 5.41) is 2.63. The lowest BCUT2D eigenvalue weighted by atomic mass is 9.98. The monoisotopic (exact) mass is 248 g/mol. The maximum absolute atomic E-state index is 11.4. The van der Waals surface area contributed by atoms with E-state index in [1.165, 1.54) is 0 Å². The van der Waals surface area contributed by atoms with Crippen LogP contribution in [0.4, 0.5) is 0 Å². The lowest BCUT2D eigenvalue weighted by Gasteiger charge is -2.15. The van der Waals surface area contributed by atoms with E-state index in [9.17, 15) is 9.59 Å². The molecule has 1 saturated carbocycles. The molecule has 5 nitrogen and oxygen atoms in total. The Kier molecular flexibility index (Phi) is 3.60. The molecule has 1 aliphatic rings. The van der Waals surface area contributed by atoms with E-state index in [-0.39, 0.29) is 12.0 Å². The molecule has 0 saturated heterocycles. The molecular formula is C13H16N2O3. The molecule has 1 aromatic heterocycles. The van der Waals surface area contributed by atoms with Crippen LogP contribution >= 0.6 is 0 Å². The van der Waals surface area contributed by atoms with Gasteiger partial charge in [-0.25, -0.2) is 4.79 Å². The summed E-state index contributed by atoms with van der Waals surface area (Å²) in [6.45, 7) is 2.33. The molecule has 18 heavy (non-hydrogen) atoms. The largest absolute Gasteiger partial charge is 0.459 e. The van der Waals surface area contributed by atoms with Crippen molar-refractivity contribution in [2.45, 2.75) is 25.2 Å². The zero-order valence-corrected chi connectivity index (χ0v) is 10.3. The average Bonchev–Trinajstić information content (AvgIpc) is 3.18. The van der Waals surface area contributed by atoms with E-state index in [2.05, 4.69) is 15.0 Å². The molecule has 0 unspecified atom stereocenters. The highest BCUT2D eigenvalue weighted by Gasteiger charge is 2.44. The Bertz CT molecular complexity index is 441. The molecule has 5 heteroatoms. The van der Waals surface area contributed by atoms with Gasteiger partial charge in [-0.3, -0.25) is 9.78 Å². The van der Waals surface area contributed by atoms with Gasteiger partial charge in [-0.05, 0) is 31.4 Å². The lowest BCUT2D eigenvalue weighted by Crippen LogP contribution is -2.37. The van der Waals surface area contributed by atoms with Gasteiger partial charge in [-0.1, -0.05) is 6.07 Å². The normalized spacial score (nSPS) is 15.8. The first kappa shape index (κ1) is 12.5. The number of rotatable bonds is 4. The number of amides is 1. The van der Waals surface area contributed by atoms with Crippen molar-refractivity contribution in [1.82, 2.24) is 10.3 Å². The summed E-state index contributed by atoms with van der Waals surface area (Å²) < 4.78 is 4.63. The molecule has 1 amide bonds. The van der Waals surface area contributed by atoms with Crippen LogP contribution in [-0.2, 0) is 19.7 Å². The molecule has 1 aromatic rings. The smallest absolute Gasteiger partial charge is 0.396 e. The van der Waals surface area contributed by atoms with Gasteiger partial charge in [-0.15, -0.1) is 0 Å². The van der Waals surface area contributed by atoms with Crippen LogP contribution in [-0.4, -0.2) is 30.0 Å². The van der Waals surface area contributed by atoms with E-state index < -0.39 is 11.9 Å². The zero-order valence-electron chi connectivity index (χ0n) is 10.3. The first-order valence-corrected chi connectivity index (χ1v) is 6.03. The van der Waals surface area contributed by atoms with Gasteiger partial charge in [0, 0.05) is 24.4 Å². The maximum Gasteiger partial charge on any atom is 0.396 e. The molecule has 0 aromatic carbocycles. The Morgan fingerprint density at radius 1 is 1.50 bits per heavy atom. The Morgan fingerprint density at radius 2 is 2.28 bits per heavy atom. The molecule has 0 bridgehead atoms. The van der Waals surface area contributed by atoms with Crippen molar-refractivity contribution in [2.75, 3.05) is 13.2 Å². The standard InChI is InChI=1S/C13H16N2O3/c1-2-18-12(17)11(16)15-9-13(5-6-13)10-4-3-7-14-8-10/h3-4,7-8H,2,5-6,9H2,1H3,(H,15,16). The van der Waals surface area contributed by atoms with Gasteiger partial charge in [-0.2, -0.15) is 0 Å². The number of nitrogens with one attached hydrogen (secondary N) is 1. The van der Waals surface area contributed by atoms with Crippen LogP contribution in [0.2, 0.25) is 0 Å². The third-order valence-electron chi connectivity index (χ3n) is 3.18. The summed E-state index contributed by atoms with van der Waals surface area (Å²) in [5.74, 6) is -1.49. The highest BCUT2D eigenvalue weighted by Crippen LogP contribution is 2.47. The highest BCUT2D eigenvalue weighted by molar-refractivity contribution is 6.32. The topological polar surface area (TPSA) is 68.3 Å². The Labute approximate surface area is 106 Å². The number of nitrogens with zero attached hydrogens (tertiary/aromatic N) is 1. The lowest BCUT2D eigenvalue weighted by molar-refractivity contribution is -0.154. The zero-order chi connectivity index (χ0) is 13.0. The van der Waals surface area contributed by atoms with Gasteiger partial charge in [0.15, 0.2) is 0 Å². The fourth-order valence-corrected chi connectivity index (χ4v) is 1.91. The van der Waals surface area contributed by atoms with Crippen molar-refractivity contribution in [3.05, 3.63) is 30.1 Å². The van der Waals surface area contributed by atoms with Gasteiger partial charge in [0.1, 0.15) is 0 Å². The van der Waals surface area contributed by atoms with Crippen LogP contribution in [0.5, 0.6) is 0 Å². The fourth-order valence-electron chi connectivity index (χ4n) is 1.91. The highest BCUT2D eigenvalue weighted by atomic mass is 16.5. The third kappa shape index (κ3) is 2.67. The number of carbonyl (C=O) groups excluding carboxylic acids is 2. The SMILES string of the molecule is CCOC(=O)C(=O)NCC1(c2cccnc2)CC1. The molecular weight excluding hydrogens is 232 g/mol. The first-order valence-electron chi connectivity index (χ1n) is 6.03. The van der Waals surface area contributed by atoms with Crippen molar-refractivity contribution in [3.63, 3.8) is 0 Å². The predicted molar refractivity (Wildman–Crippen MR) is 64.8 cm³/mol. The number of hydrogen-bond donors (Lipinski definition) is 1. The van der Waals surface area contributed by atoms with Crippen molar-refractivity contribution in [1.29, 1.82) is 0 Å². The Balaban J connectivity index is 1.91. The minimum Gasteiger partial charge on any atom is -0.459 e. The second kappa shape index (κ2) is 5.16. The van der Waals surface area contributed by atoms with E-state index in [0.29, 0.717) is 6.54 Å². The van der Waals surface area contributed by atoms with Crippen LogP contribution in [0, 0.1) is 0 Å². The maximum atomic E-state index is 11.4. The van der Waals surface area contributed by atoms with E-state index in [4.69, 9.17) is 0 Å². The first-order chi connectivity index (χ1) is 8.68.